The summed E-state index contributed by atoms with van der Waals surface area (Å²) in [7, 11) is -9.93. The number of phosphoric acid groups is 2. The second kappa shape index (κ2) is 85.0. The summed E-state index contributed by atoms with van der Waals surface area (Å²) < 4.78 is 69.1. The van der Waals surface area contributed by atoms with Crippen LogP contribution in [0.4, 0.5) is 0 Å². The standard InChI is InChI=1S/C91H178O17P2/c1-5-9-13-17-21-25-29-32-35-38-40-42-44-47-49-52-56-60-64-68-72-76-89(94)102-82-87(108-91(96)78-74-70-66-62-58-54-51-48-45-43-41-39-36-33-30-26-22-18-14-10-6-2)84-106-110(99,100)104-80-85(92)79-103-109(97,98)105-83-86(81-101-88(93)75-71-67-63-59-55-28-24-20-16-12-8-4)107-90(95)77-73-69-65-61-57-53-50-46-37-34-31-27-23-19-15-11-7-3/h85-87,92H,5-84H2,1-4H3,(H,97,98)(H,99,100)/t85-,86+,87+/m0/s1. The lowest BCUT2D eigenvalue weighted by Crippen LogP contribution is -2.30. The van der Waals surface area contributed by atoms with Gasteiger partial charge in [-0.3, -0.25) is 37.3 Å². The van der Waals surface area contributed by atoms with Gasteiger partial charge in [0.15, 0.2) is 12.2 Å². The number of aliphatic hydroxyl groups is 1. The summed E-state index contributed by atoms with van der Waals surface area (Å²) in [6, 6.07) is 0. The van der Waals surface area contributed by atoms with Crippen LogP contribution in [0.25, 0.3) is 0 Å². The van der Waals surface area contributed by atoms with Gasteiger partial charge < -0.3 is 33.8 Å². The largest absolute Gasteiger partial charge is 0.472 e. The molecule has 0 radical (unpaired) electrons. The SMILES string of the molecule is CCCCCCCCCCCCCCCCCCCCCCCC(=O)OC[C@H](COP(=O)(O)OC[C@@H](O)COP(=O)(O)OC[C@@H](COC(=O)CCCCCCCCCCCCC)OC(=O)CCCCCCCCCCCCCCCCCCC)OC(=O)CCCCCCCCCCCCCCCCCCCCCCC. The molecule has 0 heterocycles. The van der Waals surface area contributed by atoms with Gasteiger partial charge in [0.2, 0.25) is 0 Å². The molecule has 110 heavy (non-hydrogen) atoms. The second-order valence-electron chi connectivity index (χ2n) is 32.7. The topological polar surface area (TPSA) is 237 Å². The van der Waals surface area contributed by atoms with Gasteiger partial charge >= 0.3 is 39.5 Å². The van der Waals surface area contributed by atoms with Crippen LogP contribution in [0.15, 0.2) is 0 Å². The van der Waals surface area contributed by atoms with Gasteiger partial charge in [-0.15, -0.1) is 0 Å². The van der Waals surface area contributed by atoms with Gasteiger partial charge in [-0.25, -0.2) is 9.13 Å². The first-order chi connectivity index (χ1) is 53.7. The van der Waals surface area contributed by atoms with E-state index in [1.54, 1.807) is 0 Å². The number of rotatable bonds is 92. The molecule has 0 bridgehead atoms. The molecule has 0 rings (SSSR count). The smallest absolute Gasteiger partial charge is 0.462 e. The fraction of sp³-hybridized carbons (Fsp3) is 0.956. The minimum Gasteiger partial charge on any atom is -0.462 e. The predicted octanol–water partition coefficient (Wildman–Crippen LogP) is 28.5. The summed E-state index contributed by atoms with van der Waals surface area (Å²) in [6.45, 7) is 5.08. The molecule has 0 aromatic rings. The van der Waals surface area contributed by atoms with E-state index in [4.69, 9.17) is 37.0 Å². The van der Waals surface area contributed by atoms with E-state index in [1.165, 1.54) is 334 Å². The van der Waals surface area contributed by atoms with E-state index in [0.29, 0.717) is 25.7 Å². The molecule has 0 amide bonds. The summed E-state index contributed by atoms with van der Waals surface area (Å²) in [5.41, 5.74) is 0. The zero-order valence-electron chi connectivity index (χ0n) is 72.3. The Hall–Kier alpha value is -1.94. The van der Waals surface area contributed by atoms with Gasteiger partial charge in [0.05, 0.1) is 26.4 Å². The Bertz CT molecular complexity index is 2070. The molecule has 2 unspecified atom stereocenters. The highest BCUT2D eigenvalue weighted by atomic mass is 31.2. The van der Waals surface area contributed by atoms with Crippen molar-refractivity contribution in [3.63, 3.8) is 0 Å². The van der Waals surface area contributed by atoms with E-state index in [2.05, 4.69) is 27.7 Å². The molecule has 19 heteroatoms. The molecule has 17 nitrogen and oxygen atoms in total. The molecule has 0 aliphatic heterocycles. The minimum atomic E-state index is -4.97. The highest BCUT2D eigenvalue weighted by molar-refractivity contribution is 7.47. The monoisotopic (exact) mass is 1610 g/mol. The van der Waals surface area contributed by atoms with Gasteiger partial charge in [0.1, 0.15) is 19.3 Å². The van der Waals surface area contributed by atoms with Crippen LogP contribution in [-0.4, -0.2) is 96.7 Å². The maximum Gasteiger partial charge on any atom is 0.472 e. The van der Waals surface area contributed by atoms with E-state index in [1.807, 2.05) is 0 Å². The number of phosphoric ester groups is 2. The van der Waals surface area contributed by atoms with Crippen molar-refractivity contribution >= 4 is 39.5 Å². The van der Waals surface area contributed by atoms with Crippen molar-refractivity contribution in [3.8, 4) is 0 Å². The molecular weight excluding hydrogens is 1430 g/mol. The third-order valence-corrected chi connectivity index (χ3v) is 23.5. The maximum absolute atomic E-state index is 13.2. The Kier molecular flexibility index (Phi) is 83.5. The normalized spacial score (nSPS) is 13.6. The van der Waals surface area contributed by atoms with Crippen molar-refractivity contribution < 1.29 is 80.2 Å². The zero-order chi connectivity index (χ0) is 80.3. The van der Waals surface area contributed by atoms with Crippen LogP contribution in [0.2, 0.25) is 0 Å². The van der Waals surface area contributed by atoms with Gasteiger partial charge in [0.25, 0.3) is 0 Å². The van der Waals surface area contributed by atoms with E-state index >= 15 is 0 Å². The Balaban J connectivity index is 5.22. The summed E-state index contributed by atoms with van der Waals surface area (Å²) in [4.78, 5) is 73.4. The van der Waals surface area contributed by atoms with Crippen LogP contribution in [-0.2, 0) is 65.4 Å². The molecule has 0 aliphatic carbocycles. The molecule has 0 aliphatic rings. The first-order valence-corrected chi connectivity index (χ1v) is 50.3. The molecule has 5 atom stereocenters. The third kappa shape index (κ3) is 84.0. The maximum atomic E-state index is 13.2. The summed E-state index contributed by atoms with van der Waals surface area (Å²) in [5, 5.41) is 10.7. The van der Waals surface area contributed by atoms with Crippen molar-refractivity contribution in [2.75, 3.05) is 39.6 Å². The highest BCUT2D eigenvalue weighted by Gasteiger charge is 2.31. The van der Waals surface area contributed by atoms with Crippen molar-refractivity contribution in [1.82, 2.24) is 0 Å². The Morgan fingerprint density at radius 3 is 0.536 bits per heavy atom. The number of aliphatic hydroxyl groups excluding tert-OH is 1. The molecular formula is C91H178O17P2. The highest BCUT2D eigenvalue weighted by Crippen LogP contribution is 2.45. The number of ether oxygens (including phenoxy) is 4. The molecule has 654 valence electrons. The zero-order valence-corrected chi connectivity index (χ0v) is 74.0. The summed E-state index contributed by atoms with van der Waals surface area (Å²) >= 11 is 0. The Labute approximate surface area is 677 Å². The Morgan fingerprint density at radius 2 is 0.364 bits per heavy atom. The van der Waals surface area contributed by atoms with Crippen molar-refractivity contribution in [3.05, 3.63) is 0 Å². The number of hydrogen-bond acceptors (Lipinski definition) is 15. The van der Waals surface area contributed by atoms with E-state index in [9.17, 15) is 43.2 Å². The predicted molar refractivity (Wildman–Crippen MR) is 455 cm³/mol. The molecule has 0 fully saturated rings. The van der Waals surface area contributed by atoms with Crippen molar-refractivity contribution in [1.29, 1.82) is 0 Å². The van der Waals surface area contributed by atoms with E-state index < -0.39 is 97.5 Å². The van der Waals surface area contributed by atoms with Gasteiger partial charge in [-0.2, -0.15) is 0 Å². The summed E-state index contributed by atoms with van der Waals surface area (Å²) in [5.74, 6) is -2.09. The van der Waals surface area contributed by atoms with E-state index in [0.717, 1.165) is 89.9 Å². The molecule has 0 spiro atoms. The number of unbranched alkanes of at least 4 members (excludes halogenated alkanes) is 66. The molecule has 0 aromatic heterocycles. The van der Waals surface area contributed by atoms with Gasteiger partial charge in [0, 0.05) is 25.7 Å². The molecule has 0 saturated heterocycles. The third-order valence-electron chi connectivity index (χ3n) is 21.6. The van der Waals surface area contributed by atoms with Gasteiger partial charge in [-0.05, 0) is 25.7 Å². The average molecular weight is 1610 g/mol. The number of hydrogen-bond donors (Lipinski definition) is 3. The first-order valence-electron chi connectivity index (χ1n) is 47.3. The number of carbonyl (C=O) groups excluding carboxylic acids is 4. The molecule has 0 aromatic carbocycles. The van der Waals surface area contributed by atoms with Crippen LogP contribution in [0.5, 0.6) is 0 Å². The molecule has 3 N–H and O–H groups in total. The van der Waals surface area contributed by atoms with Crippen LogP contribution in [0.1, 0.15) is 503 Å². The summed E-state index contributed by atoms with van der Waals surface area (Å²) in [6.07, 6.45) is 82.1. The van der Waals surface area contributed by atoms with E-state index in [-0.39, 0.29) is 25.7 Å². The Morgan fingerprint density at radius 1 is 0.218 bits per heavy atom. The molecule has 0 saturated carbocycles. The minimum absolute atomic E-state index is 0.109. The van der Waals surface area contributed by atoms with Crippen molar-refractivity contribution in [2.24, 2.45) is 0 Å². The lowest BCUT2D eigenvalue weighted by molar-refractivity contribution is -0.161. The van der Waals surface area contributed by atoms with Crippen LogP contribution >= 0.6 is 15.6 Å². The van der Waals surface area contributed by atoms with Crippen LogP contribution < -0.4 is 0 Å². The number of carbonyl (C=O) groups is 4. The lowest BCUT2D eigenvalue weighted by atomic mass is 10.0. The van der Waals surface area contributed by atoms with Crippen LogP contribution in [0.3, 0.4) is 0 Å². The first kappa shape index (κ1) is 108. The van der Waals surface area contributed by atoms with Crippen molar-refractivity contribution in [2.45, 2.75) is 521 Å². The lowest BCUT2D eigenvalue weighted by Gasteiger charge is -2.21. The number of esters is 4. The average Bonchev–Trinajstić information content (AvgIpc) is 0.906. The van der Waals surface area contributed by atoms with Crippen LogP contribution in [0, 0.1) is 0 Å². The second-order valence-corrected chi connectivity index (χ2v) is 35.6. The quantitative estimate of drug-likeness (QED) is 0.0222. The fourth-order valence-corrected chi connectivity index (χ4v) is 16.0. The van der Waals surface area contributed by atoms with Gasteiger partial charge in [-0.1, -0.05) is 451 Å². The fourth-order valence-electron chi connectivity index (χ4n) is 14.4.